The van der Waals surface area contributed by atoms with Crippen LogP contribution < -0.4 is 0 Å². The van der Waals surface area contributed by atoms with Gasteiger partial charge in [0.15, 0.2) is 0 Å². The smallest absolute Gasteiger partial charge is 0.242 e. The maximum atomic E-state index is 12.3. The molecule has 1 aliphatic carbocycles. The highest BCUT2D eigenvalue weighted by molar-refractivity contribution is 7.89. The molecule has 1 saturated carbocycles. The Balaban J connectivity index is 2.10. The van der Waals surface area contributed by atoms with E-state index >= 15 is 0 Å². The molecule has 0 amide bonds. The van der Waals surface area contributed by atoms with Gasteiger partial charge in [-0.05, 0) is 43.0 Å². The lowest BCUT2D eigenvalue weighted by Gasteiger charge is -2.34. The number of hydrogen-bond donors (Lipinski definition) is 1. The van der Waals surface area contributed by atoms with E-state index in [4.69, 9.17) is 5.26 Å². The number of aliphatic hydroxyl groups excluding tert-OH is 1. The number of sulfonamides is 1. The molecule has 1 N–H and O–H groups in total. The summed E-state index contributed by atoms with van der Waals surface area (Å²) < 4.78 is 25.8. The summed E-state index contributed by atoms with van der Waals surface area (Å²) in [5.41, 5.74) is 0.434. The number of hydrogen-bond acceptors (Lipinski definition) is 4. The minimum absolute atomic E-state index is 0.189. The van der Waals surface area contributed by atoms with Crippen LogP contribution in [0.5, 0.6) is 0 Å². The summed E-state index contributed by atoms with van der Waals surface area (Å²) in [4.78, 5) is 0.189. The predicted octanol–water partition coefficient (Wildman–Crippen LogP) is 0.950. The topological polar surface area (TPSA) is 81.4 Å². The van der Waals surface area contributed by atoms with Gasteiger partial charge in [0.05, 0.1) is 22.6 Å². The Hall–Kier alpha value is -1.42. The van der Waals surface area contributed by atoms with Crippen LogP contribution in [0.1, 0.15) is 18.4 Å². The predicted molar refractivity (Wildman–Crippen MR) is 69.7 cm³/mol. The minimum atomic E-state index is -3.51. The van der Waals surface area contributed by atoms with Gasteiger partial charge >= 0.3 is 0 Å². The maximum Gasteiger partial charge on any atom is 0.242 e. The van der Waals surface area contributed by atoms with Crippen molar-refractivity contribution in [1.82, 2.24) is 4.31 Å². The van der Waals surface area contributed by atoms with Crippen molar-refractivity contribution in [2.45, 2.75) is 23.8 Å². The molecule has 0 radical (unpaired) electrons. The molecule has 0 bridgehead atoms. The number of rotatable bonds is 4. The number of aliphatic hydroxyl groups is 1. The zero-order valence-corrected chi connectivity index (χ0v) is 11.5. The molecule has 1 aromatic rings. The summed E-state index contributed by atoms with van der Waals surface area (Å²) >= 11 is 0. The van der Waals surface area contributed by atoms with E-state index in [0.717, 1.165) is 0 Å². The fourth-order valence-electron chi connectivity index (χ4n) is 2.19. The molecule has 0 unspecified atom stereocenters. The fourth-order valence-corrected chi connectivity index (χ4v) is 3.44. The molecular formula is C13H16N2O3S. The second kappa shape index (κ2) is 5.29. The third-order valence-corrected chi connectivity index (χ3v) is 5.26. The summed E-state index contributed by atoms with van der Waals surface area (Å²) in [6.45, 7) is 0.416. The number of benzene rings is 1. The molecule has 0 aliphatic heterocycles. The van der Waals surface area contributed by atoms with Gasteiger partial charge in [-0.2, -0.15) is 5.26 Å². The maximum absolute atomic E-state index is 12.3. The number of nitriles is 1. The lowest BCUT2D eigenvalue weighted by atomic mass is 9.82. The molecule has 0 heterocycles. The average Bonchev–Trinajstić information content (AvgIpc) is 2.36. The van der Waals surface area contributed by atoms with E-state index in [-0.39, 0.29) is 16.9 Å². The van der Waals surface area contributed by atoms with Crippen LogP contribution in [0.2, 0.25) is 0 Å². The fraction of sp³-hybridized carbons (Fsp3) is 0.462. The second-order valence-corrected chi connectivity index (χ2v) is 6.96. The van der Waals surface area contributed by atoms with E-state index in [1.165, 1.54) is 35.6 Å². The zero-order valence-electron chi connectivity index (χ0n) is 10.7. The molecule has 19 heavy (non-hydrogen) atoms. The van der Waals surface area contributed by atoms with Crippen molar-refractivity contribution in [1.29, 1.82) is 5.26 Å². The first-order valence-electron chi connectivity index (χ1n) is 6.08. The summed E-state index contributed by atoms with van der Waals surface area (Å²) in [6.07, 6.45) is 1.04. The van der Waals surface area contributed by atoms with E-state index in [1.807, 2.05) is 6.07 Å². The van der Waals surface area contributed by atoms with E-state index in [0.29, 0.717) is 24.9 Å². The van der Waals surface area contributed by atoms with Gasteiger partial charge in [-0.1, -0.05) is 0 Å². The van der Waals surface area contributed by atoms with Crippen molar-refractivity contribution in [2.24, 2.45) is 5.92 Å². The van der Waals surface area contributed by atoms with Crippen LogP contribution in [0, 0.1) is 17.2 Å². The van der Waals surface area contributed by atoms with Crippen molar-refractivity contribution in [3.63, 3.8) is 0 Å². The van der Waals surface area contributed by atoms with E-state index in [9.17, 15) is 13.5 Å². The highest BCUT2D eigenvalue weighted by Crippen LogP contribution is 2.29. The summed E-state index contributed by atoms with van der Waals surface area (Å²) in [5, 5.41) is 17.9. The van der Waals surface area contributed by atoms with E-state index < -0.39 is 10.0 Å². The Bertz CT molecular complexity index is 583. The van der Waals surface area contributed by atoms with E-state index in [1.54, 1.807) is 0 Å². The Morgan fingerprint density at radius 2 is 1.95 bits per heavy atom. The van der Waals surface area contributed by atoms with Crippen molar-refractivity contribution in [3.8, 4) is 6.07 Å². The molecule has 0 aromatic heterocycles. The van der Waals surface area contributed by atoms with Crippen LogP contribution in [0.25, 0.3) is 0 Å². The summed E-state index contributed by atoms with van der Waals surface area (Å²) in [6, 6.07) is 7.83. The minimum Gasteiger partial charge on any atom is -0.393 e. The zero-order chi connectivity index (χ0) is 14.0. The van der Waals surface area contributed by atoms with Gasteiger partial charge in [0.25, 0.3) is 0 Å². The first-order valence-corrected chi connectivity index (χ1v) is 7.52. The van der Waals surface area contributed by atoms with Crippen LogP contribution in [-0.2, 0) is 10.0 Å². The van der Waals surface area contributed by atoms with E-state index in [2.05, 4.69) is 0 Å². The van der Waals surface area contributed by atoms with Crippen molar-refractivity contribution < 1.29 is 13.5 Å². The highest BCUT2D eigenvalue weighted by Gasteiger charge is 2.31. The molecule has 102 valence electrons. The standard InChI is InChI=1S/C13H16N2O3S/c1-15(9-11-6-12(16)7-11)19(17,18)13-4-2-10(8-14)3-5-13/h2-5,11-12,16H,6-7,9H2,1H3. The van der Waals surface area contributed by atoms with Crippen molar-refractivity contribution >= 4 is 10.0 Å². The van der Waals surface area contributed by atoms with Crippen LogP contribution in [0.4, 0.5) is 0 Å². The third kappa shape index (κ3) is 2.95. The van der Waals surface area contributed by atoms with Crippen molar-refractivity contribution in [3.05, 3.63) is 29.8 Å². The molecule has 0 atom stereocenters. The second-order valence-electron chi connectivity index (χ2n) is 4.91. The summed E-state index contributed by atoms with van der Waals surface area (Å²) in [5.74, 6) is 0.230. The van der Waals surface area contributed by atoms with Crippen molar-refractivity contribution in [2.75, 3.05) is 13.6 Å². The first kappa shape index (κ1) is 14.0. The van der Waals surface area contributed by atoms with Gasteiger partial charge in [0, 0.05) is 13.6 Å². The molecule has 0 saturated heterocycles. The van der Waals surface area contributed by atoms with Gasteiger partial charge in [-0.25, -0.2) is 12.7 Å². The van der Waals surface area contributed by atoms with Crippen LogP contribution in [-0.4, -0.2) is 37.5 Å². The third-order valence-electron chi connectivity index (χ3n) is 3.42. The molecule has 1 aliphatic rings. The van der Waals surface area contributed by atoms with Crippen LogP contribution >= 0.6 is 0 Å². The SMILES string of the molecule is CN(CC1CC(O)C1)S(=O)(=O)c1ccc(C#N)cc1. The van der Waals surface area contributed by atoms with Gasteiger partial charge in [-0.3, -0.25) is 0 Å². The number of nitrogens with zero attached hydrogens (tertiary/aromatic N) is 2. The molecule has 1 aromatic carbocycles. The van der Waals surface area contributed by atoms with Gasteiger partial charge in [0.1, 0.15) is 0 Å². The Kier molecular flexibility index (Phi) is 3.90. The highest BCUT2D eigenvalue weighted by atomic mass is 32.2. The normalized spacial score (nSPS) is 22.8. The quantitative estimate of drug-likeness (QED) is 0.890. The Morgan fingerprint density at radius 3 is 2.42 bits per heavy atom. The lowest BCUT2D eigenvalue weighted by Crippen LogP contribution is -2.39. The molecule has 5 nitrogen and oxygen atoms in total. The summed E-state index contributed by atoms with van der Waals surface area (Å²) in [7, 11) is -1.97. The van der Waals surface area contributed by atoms with Gasteiger partial charge in [-0.15, -0.1) is 0 Å². The van der Waals surface area contributed by atoms with Gasteiger partial charge in [0.2, 0.25) is 10.0 Å². The van der Waals surface area contributed by atoms with Gasteiger partial charge < -0.3 is 5.11 Å². The molecule has 0 spiro atoms. The molecular weight excluding hydrogens is 264 g/mol. The Morgan fingerprint density at radius 1 is 1.37 bits per heavy atom. The van der Waals surface area contributed by atoms with Crippen LogP contribution in [0.15, 0.2) is 29.2 Å². The average molecular weight is 280 g/mol. The Labute approximate surface area is 113 Å². The molecule has 1 fully saturated rings. The van der Waals surface area contributed by atoms with Crippen LogP contribution in [0.3, 0.4) is 0 Å². The molecule has 6 heteroatoms. The first-order chi connectivity index (χ1) is 8.93. The monoisotopic (exact) mass is 280 g/mol. The lowest BCUT2D eigenvalue weighted by molar-refractivity contribution is 0.0367. The molecule has 2 rings (SSSR count). The largest absolute Gasteiger partial charge is 0.393 e.